The van der Waals surface area contributed by atoms with Crippen LogP contribution in [0.25, 0.3) is 0 Å². The molecule has 1 fully saturated rings. The number of hydrogen-bond donors (Lipinski definition) is 0. The normalized spacial score (nSPS) is 15.4. The van der Waals surface area contributed by atoms with Crippen LogP contribution in [-0.2, 0) is 16.1 Å². The first-order valence-corrected chi connectivity index (χ1v) is 11.7. The Kier molecular flexibility index (Phi) is 7.13. The average Bonchev–Trinajstić information content (AvgIpc) is 3.12. The van der Waals surface area contributed by atoms with Gasteiger partial charge >= 0.3 is 0 Å². The number of imide groups is 1. The Balaban J connectivity index is 1.72. The largest absolute Gasteiger partial charge is 0.322 e. The molecule has 3 aromatic rings. The van der Waals surface area contributed by atoms with Crippen LogP contribution in [0.1, 0.15) is 22.3 Å². The molecule has 0 radical (unpaired) electrons. The minimum Gasteiger partial charge on any atom is -0.322 e. The molecule has 1 atom stereocenters. The molecule has 0 bridgehead atoms. The number of nitrogens with zero attached hydrogens (tertiary/aromatic N) is 3. The molecule has 3 aromatic carbocycles. The highest BCUT2D eigenvalue weighted by Crippen LogP contribution is 2.30. The summed E-state index contributed by atoms with van der Waals surface area (Å²) in [5.41, 5.74) is 0.347. The molecular formula is C24H16ClFIN3O5. The van der Waals surface area contributed by atoms with E-state index in [1.54, 1.807) is 24.3 Å². The zero-order valence-corrected chi connectivity index (χ0v) is 20.8. The Bertz CT molecular complexity index is 1330. The quantitative estimate of drug-likeness (QED) is 0.171. The summed E-state index contributed by atoms with van der Waals surface area (Å²) in [6, 6.07) is 14.5. The number of benzene rings is 3. The molecule has 8 nitrogen and oxygen atoms in total. The third-order valence-electron chi connectivity index (χ3n) is 5.50. The summed E-state index contributed by atoms with van der Waals surface area (Å²) in [5, 5.41) is 11.2. The second-order valence-corrected chi connectivity index (χ2v) is 9.40. The zero-order chi connectivity index (χ0) is 25.3. The zero-order valence-electron chi connectivity index (χ0n) is 17.9. The maximum atomic E-state index is 13.5. The number of carbonyl (C=O) groups is 3. The lowest BCUT2D eigenvalue weighted by atomic mass is 10.1. The van der Waals surface area contributed by atoms with E-state index in [2.05, 4.69) is 22.6 Å². The lowest BCUT2D eigenvalue weighted by Gasteiger charge is -2.28. The summed E-state index contributed by atoms with van der Waals surface area (Å²) in [6.07, 6.45) is -0.270. The van der Waals surface area contributed by atoms with Crippen molar-refractivity contribution >= 4 is 63.3 Å². The number of nitro benzene ring substituents is 1. The van der Waals surface area contributed by atoms with Gasteiger partial charge in [0, 0.05) is 21.7 Å². The number of nitro groups is 1. The molecule has 0 aliphatic carbocycles. The van der Waals surface area contributed by atoms with Crippen molar-refractivity contribution in [3.05, 3.63) is 102 Å². The van der Waals surface area contributed by atoms with Crippen molar-refractivity contribution in [2.45, 2.75) is 19.0 Å². The molecule has 1 saturated heterocycles. The monoisotopic (exact) mass is 607 g/mol. The SMILES string of the molecule is O=C1CC(N(Cc2ccc(F)cc2)C(=O)c2ccc(Cl)c([N+](=O)[O-])c2)C(=O)N1c1ccc(I)cc1. The van der Waals surface area contributed by atoms with Crippen LogP contribution >= 0.6 is 34.2 Å². The number of carbonyl (C=O) groups excluding carboxylic acids is 3. The van der Waals surface area contributed by atoms with Crippen LogP contribution in [0.4, 0.5) is 15.8 Å². The van der Waals surface area contributed by atoms with Crippen LogP contribution in [0.3, 0.4) is 0 Å². The third kappa shape index (κ3) is 5.17. The summed E-state index contributed by atoms with van der Waals surface area (Å²) >= 11 is 7.98. The van der Waals surface area contributed by atoms with Crippen molar-refractivity contribution in [3.8, 4) is 0 Å². The van der Waals surface area contributed by atoms with Crippen LogP contribution < -0.4 is 4.90 Å². The summed E-state index contributed by atoms with van der Waals surface area (Å²) in [4.78, 5) is 52.5. The fourth-order valence-electron chi connectivity index (χ4n) is 3.78. The van der Waals surface area contributed by atoms with Gasteiger partial charge in [-0.2, -0.15) is 0 Å². The molecule has 1 heterocycles. The Labute approximate surface area is 217 Å². The summed E-state index contributed by atoms with van der Waals surface area (Å²) in [6.45, 7) is -0.125. The summed E-state index contributed by atoms with van der Waals surface area (Å²) < 4.78 is 14.3. The first-order valence-electron chi connectivity index (χ1n) is 10.3. The van der Waals surface area contributed by atoms with Crippen molar-refractivity contribution < 1.29 is 23.7 Å². The molecule has 0 N–H and O–H groups in total. The molecule has 0 saturated carbocycles. The maximum Gasteiger partial charge on any atom is 0.288 e. The van der Waals surface area contributed by atoms with Gasteiger partial charge in [-0.15, -0.1) is 0 Å². The number of halogens is 3. The predicted molar refractivity (Wildman–Crippen MR) is 134 cm³/mol. The molecule has 0 aromatic heterocycles. The van der Waals surface area contributed by atoms with E-state index >= 15 is 0 Å². The number of anilines is 1. The minimum absolute atomic E-state index is 0.0730. The van der Waals surface area contributed by atoms with Gasteiger partial charge in [0.05, 0.1) is 17.0 Å². The average molecular weight is 608 g/mol. The standard InChI is InChI=1S/C24H16ClFIN3O5/c25-19-10-3-15(11-20(19)30(34)35)23(32)28(13-14-1-4-16(26)5-2-14)21-12-22(31)29(24(21)33)18-8-6-17(27)7-9-18/h1-11,21H,12-13H2. The van der Waals surface area contributed by atoms with Gasteiger partial charge in [-0.1, -0.05) is 23.7 Å². The van der Waals surface area contributed by atoms with E-state index in [1.807, 2.05) is 0 Å². The van der Waals surface area contributed by atoms with E-state index in [-0.39, 0.29) is 23.6 Å². The minimum atomic E-state index is -1.16. The second kappa shape index (κ2) is 10.1. The van der Waals surface area contributed by atoms with E-state index in [4.69, 9.17) is 11.6 Å². The van der Waals surface area contributed by atoms with Crippen LogP contribution in [0.5, 0.6) is 0 Å². The van der Waals surface area contributed by atoms with Gasteiger partial charge in [-0.3, -0.25) is 24.5 Å². The van der Waals surface area contributed by atoms with Crippen molar-refractivity contribution in [2.24, 2.45) is 0 Å². The molecule has 1 aliphatic rings. The van der Waals surface area contributed by atoms with Crippen LogP contribution in [0, 0.1) is 19.5 Å². The lowest BCUT2D eigenvalue weighted by molar-refractivity contribution is -0.384. The highest BCUT2D eigenvalue weighted by molar-refractivity contribution is 14.1. The van der Waals surface area contributed by atoms with Crippen molar-refractivity contribution in [3.63, 3.8) is 0 Å². The van der Waals surface area contributed by atoms with Crippen molar-refractivity contribution in [1.29, 1.82) is 0 Å². The molecule has 3 amide bonds. The fourth-order valence-corrected chi connectivity index (χ4v) is 4.33. The summed E-state index contributed by atoms with van der Waals surface area (Å²) in [7, 11) is 0. The van der Waals surface area contributed by atoms with E-state index in [1.165, 1.54) is 41.3 Å². The molecule has 0 spiro atoms. The third-order valence-corrected chi connectivity index (χ3v) is 6.54. The summed E-state index contributed by atoms with van der Waals surface area (Å²) in [5.74, 6) is -2.27. The second-order valence-electron chi connectivity index (χ2n) is 7.75. The Morgan fingerprint density at radius 3 is 2.40 bits per heavy atom. The van der Waals surface area contributed by atoms with Gasteiger partial charge in [0.25, 0.3) is 17.5 Å². The van der Waals surface area contributed by atoms with E-state index < -0.39 is 40.2 Å². The van der Waals surface area contributed by atoms with Gasteiger partial charge in [0.2, 0.25) is 5.91 Å². The van der Waals surface area contributed by atoms with Gasteiger partial charge in [0.15, 0.2) is 0 Å². The Hall–Kier alpha value is -3.38. The Morgan fingerprint density at radius 2 is 1.77 bits per heavy atom. The van der Waals surface area contributed by atoms with Gasteiger partial charge in [0.1, 0.15) is 16.9 Å². The highest BCUT2D eigenvalue weighted by Gasteiger charge is 2.44. The molecule has 178 valence electrons. The van der Waals surface area contributed by atoms with Crippen LogP contribution in [-0.4, -0.2) is 33.6 Å². The first-order chi connectivity index (χ1) is 16.7. The number of amides is 3. The van der Waals surface area contributed by atoms with Crippen molar-refractivity contribution in [1.82, 2.24) is 4.90 Å². The first kappa shape index (κ1) is 24.7. The van der Waals surface area contributed by atoms with E-state index in [9.17, 15) is 28.9 Å². The molecule has 11 heteroatoms. The van der Waals surface area contributed by atoms with Crippen LogP contribution in [0.15, 0.2) is 66.7 Å². The molecular weight excluding hydrogens is 592 g/mol. The predicted octanol–water partition coefficient (Wildman–Crippen LogP) is 4.97. The number of hydrogen-bond acceptors (Lipinski definition) is 5. The fraction of sp³-hybridized carbons (Fsp3) is 0.125. The van der Waals surface area contributed by atoms with E-state index in [0.717, 1.165) is 14.5 Å². The van der Waals surface area contributed by atoms with Gasteiger partial charge < -0.3 is 4.90 Å². The van der Waals surface area contributed by atoms with E-state index in [0.29, 0.717) is 11.3 Å². The smallest absolute Gasteiger partial charge is 0.288 e. The van der Waals surface area contributed by atoms with Crippen molar-refractivity contribution in [2.75, 3.05) is 4.90 Å². The Morgan fingerprint density at radius 1 is 1.11 bits per heavy atom. The lowest BCUT2D eigenvalue weighted by Crippen LogP contribution is -2.45. The highest BCUT2D eigenvalue weighted by atomic mass is 127. The molecule has 35 heavy (non-hydrogen) atoms. The topological polar surface area (TPSA) is 101 Å². The van der Waals surface area contributed by atoms with Crippen LogP contribution in [0.2, 0.25) is 5.02 Å². The maximum absolute atomic E-state index is 13.5. The number of rotatable bonds is 6. The molecule has 1 unspecified atom stereocenters. The molecule has 4 rings (SSSR count). The molecule has 1 aliphatic heterocycles. The van der Waals surface area contributed by atoms with Gasteiger partial charge in [-0.25, -0.2) is 9.29 Å². The van der Waals surface area contributed by atoms with Gasteiger partial charge in [-0.05, 0) is 76.7 Å².